The second-order valence-electron chi connectivity index (χ2n) is 7.43. The molecular weight excluding hydrogens is 254 g/mol. The average Bonchev–Trinajstić information content (AvgIpc) is 2.38. The molecule has 0 saturated carbocycles. The van der Waals surface area contributed by atoms with Gasteiger partial charge in [-0.05, 0) is 37.5 Å². The van der Waals surface area contributed by atoms with E-state index < -0.39 is 0 Å². The van der Waals surface area contributed by atoms with E-state index >= 15 is 0 Å². The summed E-state index contributed by atoms with van der Waals surface area (Å²) >= 11 is 0. The van der Waals surface area contributed by atoms with E-state index in [0.29, 0.717) is 12.1 Å². The fourth-order valence-corrected chi connectivity index (χ4v) is 3.44. The van der Waals surface area contributed by atoms with Crippen LogP contribution in [0.5, 0.6) is 0 Å². The van der Waals surface area contributed by atoms with Crippen molar-refractivity contribution in [1.29, 1.82) is 0 Å². The molecule has 2 atom stereocenters. The molecule has 2 rings (SSSR count). The molecule has 0 bridgehead atoms. The Balaban J connectivity index is 1.94. The summed E-state index contributed by atoms with van der Waals surface area (Å²) in [6, 6.07) is 0.852. The van der Waals surface area contributed by atoms with Gasteiger partial charge < -0.3 is 19.9 Å². The number of aliphatic hydroxyl groups is 1. The average molecular weight is 285 g/mol. The first-order chi connectivity index (χ1) is 9.45. The topological polar surface area (TPSA) is 50.7 Å². The number of aliphatic hydroxyl groups excluding tert-OH is 1. The van der Waals surface area contributed by atoms with Crippen LogP contribution in [0.25, 0.3) is 0 Å². The molecule has 0 aromatic carbocycles. The molecule has 2 fully saturated rings. The zero-order chi connectivity index (χ0) is 14.6. The molecule has 0 aromatic rings. The van der Waals surface area contributed by atoms with Gasteiger partial charge in [0.25, 0.3) is 0 Å². The Morgan fingerprint density at radius 1 is 1.25 bits per heavy atom. The lowest BCUT2D eigenvalue weighted by Gasteiger charge is -2.45. The SMILES string of the molecule is CC(C)(C)C(CCO)NC1CCOC2(CCOCC2)C1. The molecule has 2 N–H and O–H groups in total. The van der Waals surface area contributed by atoms with E-state index in [1.54, 1.807) is 0 Å². The Morgan fingerprint density at radius 2 is 1.95 bits per heavy atom. The van der Waals surface area contributed by atoms with Crippen molar-refractivity contribution in [2.45, 2.75) is 70.6 Å². The largest absolute Gasteiger partial charge is 0.396 e. The summed E-state index contributed by atoms with van der Waals surface area (Å²) < 4.78 is 11.6. The molecule has 2 aliphatic heterocycles. The summed E-state index contributed by atoms with van der Waals surface area (Å²) in [5.74, 6) is 0. The minimum Gasteiger partial charge on any atom is -0.396 e. The molecule has 2 aliphatic rings. The third-order valence-corrected chi connectivity index (χ3v) is 4.80. The van der Waals surface area contributed by atoms with Gasteiger partial charge in [0.15, 0.2) is 0 Å². The maximum atomic E-state index is 9.29. The summed E-state index contributed by atoms with van der Waals surface area (Å²) in [5.41, 5.74) is 0.208. The minimum absolute atomic E-state index is 0.0375. The van der Waals surface area contributed by atoms with E-state index in [0.717, 1.165) is 51.9 Å². The van der Waals surface area contributed by atoms with Gasteiger partial charge in [-0.2, -0.15) is 0 Å². The van der Waals surface area contributed by atoms with Gasteiger partial charge in [0.05, 0.1) is 5.60 Å². The van der Waals surface area contributed by atoms with Crippen LogP contribution < -0.4 is 5.32 Å². The van der Waals surface area contributed by atoms with Crippen LogP contribution in [0.2, 0.25) is 0 Å². The summed E-state index contributed by atoms with van der Waals surface area (Å²) in [5, 5.41) is 13.1. The van der Waals surface area contributed by atoms with Gasteiger partial charge >= 0.3 is 0 Å². The van der Waals surface area contributed by atoms with Crippen molar-refractivity contribution in [3.63, 3.8) is 0 Å². The number of rotatable bonds is 4. The zero-order valence-electron chi connectivity index (χ0n) is 13.3. The van der Waals surface area contributed by atoms with Crippen molar-refractivity contribution in [1.82, 2.24) is 5.32 Å². The number of ether oxygens (including phenoxy) is 2. The Labute approximate surface area is 123 Å². The quantitative estimate of drug-likeness (QED) is 0.830. The van der Waals surface area contributed by atoms with Crippen LogP contribution in [-0.4, -0.2) is 49.2 Å². The van der Waals surface area contributed by atoms with Gasteiger partial charge in [-0.25, -0.2) is 0 Å². The van der Waals surface area contributed by atoms with Crippen LogP contribution >= 0.6 is 0 Å². The predicted molar refractivity (Wildman–Crippen MR) is 79.8 cm³/mol. The van der Waals surface area contributed by atoms with Gasteiger partial charge in [0.1, 0.15) is 0 Å². The normalized spacial score (nSPS) is 28.5. The number of hydrogen-bond donors (Lipinski definition) is 2. The van der Waals surface area contributed by atoms with Crippen LogP contribution in [0.3, 0.4) is 0 Å². The molecule has 118 valence electrons. The molecule has 0 aliphatic carbocycles. The van der Waals surface area contributed by atoms with Crippen molar-refractivity contribution < 1.29 is 14.6 Å². The van der Waals surface area contributed by atoms with Gasteiger partial charge in [-0.3, -0.25) is 0 Å². The summed E-state index contributed by atoms with van der Waals surface area (Å²) in [6.45, 7) is 9.46. The van der Waals surface area contributed by atoms with E-state index in [1.807, 2.05) is 0 Å². The first-order valence-electron chi connectivity index (χ1n) is 8.04. The first kappa shape index (κ1) is 16.2. The zero-order valence-corrected chi connectivity index (χ0v) is 13.3. The summed E-state index contributed by atoms with van der Waals surface area (Å²) in [6.07, 6.45) is 5.00. The molecule has 4 nitrogen and oxygen atoms in total. The van der Waals surface area contributed by atoms with Crippen LogP contribution in [0.4, 0.5) is 0 Å². The highest BCUT2D eigenvalue weighted by molar-refractivity contribution is 4.94. The van der Waals surface area contributed by atoms with E-state index in [1.165, 1.54) is 0 Å². The molecular formula is C16H31NO3. The molecule has 2 saturated heterocycles. The maximum absolute atomic E-state index is 9.29. The van der Waals surface area contributed by atoms with E-state index in [2.05, 4.69) is 26.1 Å². The molecule has 0 radical (unpaired) electrons. The molecule has 2 unspecified atom stereocenters. The molecule has 20 heavy (non-hydrogen) atoms. The number of nitrogens with one attached hydrogen (secondary N) is 1. The van der Waals surface area contributed by atoms with Crippen LogP contribution in [0.1, 0.15) is 52.9 Å². The number of hydrogen-bond acceptors (Lipinski definition) is 4. The van der Waals surface area contributed by atoms with Gasteiger partial charge in [-0.1, -0.05) is 20.8 Å². The fourth-order valence-electron chi connectivity index (χ4n) is 3.44. The molecule has 0 aromatic heterocycles. The Morgan fingerprint density at radius 3 is 2.55 bits per heavy atom. The van der Waals surface area contributed by atoms with E-state index in [9.17, 15) is 5.11 Å². The van der Waals surface area contributed by atoms with Crippen molar-refractivity contribution >= 4 is 0 Å². The lowest BCUT2D eigenvalue weighted by Crippen LogP contribution is -2.54. The second-order valence-corrected chi connectivity index (χ2v) is 7.43. The van der Waals surface area contributed by atoms with Crippen molar-refractivity contribution in [2.75, 3.05) is 26.4 Å². The van der Waals surface area contributed by atoms with Crippen LogP contribution in [0, 0.1) is 5.41 Å². The molecule has 4 heteroatoms. The Bertz CT molecular complexity index is 289. The third kappa shape index (κ3) is 4.17. The molecule has 2 heterocycles. The van der Waals surface area contributed by atoms with Crippen LogP contribution in [0.15, 0.2) is 0 Å². The van der Waals surface area contributed by atoms with Gasteiger partial charge in [-0.15, -0.1) is 0 Å². The van der Waals surface area contributed by atoms with Crippen LogP contribution in [-0.2, 0) is 9.47 Å². The predicted octanol–water partition coefficient (Wildman–Crippen LogP) is 2.10. The van der Waals surface area contributed by atoms with Crippen molar-refractivity contribution in [2.24, 2.45) is 5.41 Å². The Hall–Kier alpha value is -0.160. The highest BCUT2D eigenvalue weighted by Crippen LogP contribution is 2.35. The second kappa shape index (κ2) is 6.73. The smallest absolute Gasteiger partial charge is 0.0741 e. The Kier molecular flexibility index (Phi) is 5.46. The first-order valence-corrected chi connectivity index (χ1v) is 8.04. The standard InChI is InChI=1S/C16H31NO3/c1-15(2,3)14(4-8-18)17-13-5-9-20-16(12-13)6-10-19-11-7-16/h13-14,17-18H,4-12H2,1-3H3. The summed E-state index contributed by atoms with van der Waals surface area (Å²) in [4.78, 5) is 0. The van der Waals surface area contributed by atoms with Crippen molar-refractivity contribution in [3.8, 4) is 0 Å². The monoisotopic (exact) mass is 285 g/mol. The van der Waals surface area contributed by atoms with E-state index in [-0.39, 0.29) is 17.6 Å². The highest BCUT2D eigenvalue weighted by Gasteiger charge is 2.40. The van der Waals surface area contributed by atoms with Gasteiger partial charge in [0, 0.05) is 38.5 Å². The van der Waals surface area contributed by atoms with E-state index in [4.69, 9.17) is 9.47 Å². The molecule has 0 amide bonds. The maximum Gasteiger partial charge on any atom is 0.0741 e. The lowest BCUT2D eigenvalue weighted by atomic mass is 9.81. The molecule has 1 spiro atoms. The minimum atomic E-state index is 0.0375. The summed E-state index contributed by atoms with van der Waals surface area (Å²) in [7, 11) is 0. The highest BCUT2D eigenvalue weighted by atomic mass is 16.5. The third-order valence-electron chi connectivity index (χ3n) is 4.80. The van der Waals surface area contributed by atoms with Crippen molar-refractivity contribution in [3.05, 3.63) is 0 Å². The lowest BCUT2D eigenvalue weighted by molar-refractivity contribution is -0.141. The fraction of sp³-hybridized carbons (Fsp3) is 1.00. The van der Waals surface area contributed by atoms with Gasteiger partial charge in [0.2, 0.25) is 0 Å².